The van der Waals surface area contributed by atoms with Crippen molar-refractivity contribution in [3.05, 3.63) is 36.4 Å². The number of carboxylic acid groups (broad SMARTS) is 1. The second-order valence-corrected chi connectivity index (χ2v) is 4.24. The molecule has 1 aromatic rings. The van der Waals surface area contributed by atoms with Crippen LogP contribution in [0.1, 0.15) is 26.2 Å². The number of amides is 1. The first-order valence-corrected chi connectivity index (χ1v) is 6.56. The van der Waals surface area contributed by atoms with Crippen LogP contribution in [0.25, 0.3) is 0 Å². The highest BCUT2D eigenvalue weighted by Crippen LogP contribution is 2.16. The van der Waals surface area contributed by atoms with Gasteiger partial charge in [-0.05, 0) is 30.7 Å². The molecule has 0 aromatic heterocycles. The van der Waals surface area contributed by atoms with Gasteiger partial charge in [0.15, 0.2) is 0 Å². The maximum Gasteiger partial charge on any atom is 0.328 e. The Hall–Kier alpha value is -2.30. The van der Waals surface area contributed by atoms with Crippen LogP contribution in [0.2, 0.25) is 0 Å². The highest BCUT2D eigenvalue weighted by Gasteiger charge is 2.00. The monoisotopic (exact) mass is 277 g/mol. The summed E-state index contributed by atoms with van der Waals surface area (Å²) in [5, 5.41) is 11.0. The quantitative estimate of drug-likeness (QED) is 0.566. The van der Waals surface area contributed by atoms with Crippen molar-refractivity contribution in [1.29, 1.82) is 0 Å². The fourth-order valence-corrected chi connectivity index (χ4v) is 1.51. The van der Waals surface area contributed by atoms with Crippen molar-refractivity contribution in [2.45, 2.75) is 26.2 Å². The van der Waals surface area contributed by atoms with E-state index in [1.54, 1.807) is 24.3 Å². The third kappa shape index (κ3) is 6.58. The number of hydrogen-bond donors (Lipinski definition) is 2. The molecule has 0 heterocycles. The van der Waals surface area contributed by atoms with Gasteiger partial charge in [-0.3, -0.25) is 4.79 Å². The van der Waals surface area contributed by atoms with Gasteiger partial charge in [0.1, 0.15) is 5.75 Å². The van der Waals surface area contributed by atoms with E-state index in [9.17, 15) is 9.59 Å². The molecule has 0 unspecified atom stereocenters. The number of carbonyl (C=O) groups is 2. The second-order valence-electron chi connectivity index (χ2n) is 4.24. The van der Waals surface area contributed by atoms with E-state index < -0.39 is 11.9 Å². The molecule has 0 bridgehead atoms. The molecule has 20 heavy (non-hydrogen) atoms. The first kappa shape index (κ1) is 15.8. The molecule has 0 aliphatic heterocycles. The van der Waals surface area contributed by atoms with Crippen LogP contribution >= 0.6 is 0 Å². The van der Waals surface area contributed by atoms with E-state index in [1.807, 2.05) is 0 Å². The van der Waals surface area contributed by atoms with Crippen LogP contribution in [-0.2, 0) is 9.59 Å². The van der Waals surface area contributed by atoms with Crippen molar-refractivity contribution in [2.75, 3.05) is 11.9 Å². The van der Waals surface area contributed by atoms with Crippen molar-refractivity contribution in [3.8, 4) is 5.75 Å². The summed E-state index contributed by atoms with van der Waals surface area (Å²) in [4.78, 5) is 21.6. The van der Waals surface area contributed by atoms with E-state index in [4.69, 9.17) is 9.84 Å². The van der Waals surface area contributed by atoms with Gasteiger partial charge in [-0.1, -0.05) is 19.8 Å². The third-order valence-corrected chi connectivity index (χ3v) is 2.52. The van der Waals surface area contributed by atoms with Crippen molar-refractivity contribution in [2.24, 2.45) is 0 Å². The zero-order valence-corrected chi connectivity index (χ0v) is 11.5. The second kappa shape index (κ2) is 8.74. The molecular formula is C15H19NO4. The van der Waals surface area contributed by atoms with Crippen LogP contribution in [0.3, 0.4) is 0 Å². The SMILES string of the molecule is CCCCCOc1ccc(NC(=O)/C=C/C(=O)O)cc1. The lowest BCUT2D eigenvalue weighted by Crippen LogP contribution is -2.08. The normalized spacial score (nSPS) is 10.4. The smallest absolute Gasteiger partial charge is 0.328 e. The molecule has 0 aliphatic carbocycles. The number of unbranched alkanes of at least 4 members (excludes halogenated alkanes) is 2. The average molecular weight is 277 g/mol. The van der Waals surface area contributed by atoms with E-state index in [0.29, 0.717) is 12.3 Å². The molecule has 0 radical (unpaired) electrons. The summed E-state index contributed by atoms with van der Waals surface area (Å²) in [6.45, 7) is 2.82. The van der Waals surface area contributed by atoms with Gasteiger partial charge in [-0.25, -0.2) is 4.79 Å². The summed E-state index contributed by atoms with van der Waals surface area (Å²) < 4.78 is 5.54. The first-order valence-electron chi connectivity index (χ1n) is 6.56. The van der Waals surface area contributed by atoms with E-state index in [1.165, 1.54) is 0 Å². The Kier molecular flexibility index (Phi) is 6.89. The van der Waals surface area contributed by atoms with Gasteiger partial charge in [0, 0.05) is 17.8 Å². The Morgan fingerprint density at radius 2 is 1.90 bits per heavy atom. The Bertz CT molecular complexity index is 465. The predicted octanol–water partition coefficient (Wildman–Crippen LogP) is 2.83. The number of ether oxygens (including phenoxy) is 1. The zero-order valence-electron chi connectivity index (χ0n) is 11.5. The standard InChI is InChI=1S/C15H19NO4/c1-2-3-4-11-20-13-7-5-12(6-8-13)16-14(17)9-10-15(18)19/h5-10H,2-4,11H2,1H3,(H,16,17)(H,18,19)/b10-9+. The molecule has 0 atom stereocenters. The molecule has 108 valence electrons. The fraction of sp³-hybridized carbons (Fsp3) is 0.333. The molecule has 5 nitrogen and oxygen atoms in total. The Labute approximate surface area is 118 Å². The van der Waals surface area contributed by atoms with E-state index in [0.717, 1.165) is 37.2 Å². The van der Waals surface area contributed by atoms with Gasteiger partial charge >= 0.3 is 5.97 Å². The number of carboxylic acids is 1. The van der Waals surface area contributed by atoms with Crippen LogP contribution in [0.15, 0.2) is 36.4 Å². The topological polar surface area (TPSA) is 75.6 Å². The molecule has 0 saturated carbocycles. The van der Waals surface area contributed by atoms with E-state index in [-0.39, 0.29) is 0 Å². The molecule has 0 fully saturated rings. The number of rotatable bonds is 8. The van der Waals surface area contributed by atoms with Crippen molar-refractivity contribution in [3.63, 3.8) is 0 Å². The van der Waals surface area contributed by atoms with E-state index >= 15 is 0 Å². The van der Waals surface area contributed by atoms with Crippen LogP contribution in [0.4, 0.5) is 5.69 Å². The minimum absolute atomic E-state index is 0.482. The largest absolute Gasteiger partial charge is 0.494 e. The number of hydrogen-bond acceptors (Lipinski definition) is 3. The Balaban J connectivity index is 2.42. The zero-order chi connectivity index (χ0) is 14.8. The van der Waals surface area contributed by atoms with Crippen LogP contribution in [-0.4, -0.2) is 23.6 Å². The van der Waals surface area contributed by atoms with Gasteiger partial charge < -0.3 is 15.2 Å². The van der Waals surface area contributed by atoms with Gasteiger partial charge in [0.2, 0.25) is 5.91 Å². The lowest BCUT2D eigenvalue weighted by molar-refractivity contribution is -0.131. The summed E-state index contributed by atoms with van der Waals surface area (Å²) in [7, 11) is 0. The van der Waals surface area contributed by atoms with Crippen LogP contribution < -0.4 is 10.1 Å². The molecule has 0 aliphatic rings. The summed E-state index contributed by atoms with van der Waals surface area (Å²) in [5.41, 5.74) is 0.589. The minimum atomic E-state index is -1.16. The molecule has 5 heteroatoms. The molecule has 0 saturated heterocycles. The lowest BCUT2D eigenvalue weighted by atomic mass is 10.2. The highest BCUT2D eigenvalue weighted by molar-refractivity contribution is 6.02. The van der Waals surface area contributed by atoms with Crippen molar-refractivity contribution >= 4 is 17.6 Å². The van der Waals surface area contributed by atoms with E-state index in [2.05, 4.69) is 12.2 Å². The van der Waals surface area contributed by atoms with Gasteiger partial charge in [-0.15, -0.1) is 0 Å². The molecule has 0 spiro atoms. The third-order valence-electron chi connectivity index (χ3n) is 2.52. The van der Waals surface area contributed by atoms with Gasteiger partial charge in [0.05, 0.1) is 6.61 Å². The first-order chi connectivity index (χ1) is 9.61. The number of aliphatic carboxylic acids is 1. The maximum atomic E-state index is 11.4. The predicted molar refractivity (Wildman–Crippen MR) is 76.9 cm³/mol. The number of carbonyl (C=O) groups excluding carboxylic acids is 1. The van der Waals surface area contributed by atoms with Gasteiger partial charge in [-0.2, -0.15) is 0 Å². The molecular weight excluding hydrogens is 258 g/mol. The summed E-state index contributed by atoms with van der Waals surface area (Å²) in [6.07, 6.45) is 5.08. The maximum absolute atomic E-state index is 11.4. The number of benzene rings is 1. The van der Waals surface area contributed by atoms with Crippen molar-refractivity contribution < 1.29 is 19.4 Å². The molecule has 1 amide bonds. The summed E-state index contributed by atoms with van der Waals surface area (Å²) in [5.74, 6) is -0.889. The average Bonchev–Trinajstić information content (AvgIpc) is 2.43. The Morgan fingerprint density at radius 3 is 2.50 bits per heavy atom. The van der Waals surface area contributed by atoms with Crippen LogP contribution in [0, 0.1) is 0 Å². The Morgan fingerprint density at radius 1 is 1.20 bits per heavy atom. The number of nitrogens with one attached hydrogen (secondary N) is 1. The molecule has 1 aromatic carbocycles. The van der Waals surface area contributed by atoms with Crippen LogP contribution in [0.5, 0.6) is 5.75 Å². The summed E-state index contributed by atoms with van der Waals surface area (Å²) >= 11 is 0. The van der Waals surface area contributed by atoms with Crippen molar-refractivity contribution in [1.82, 2.24) is 0 Å². The number of anilines is 1. The highest BCUT2D eigenvalue weighted by atomic mass is 16.5. The molecule has 1 rings (SSSR count). The fourth-order valence-electron chi connectivity index (χ4n) is 1.51. The van der Waals surface area contributed by atoms with Gasteiger partial charge in [0.25, 0.3) is 0 Å². The minimum Gasteiger partial charge on any atom is -0.494 e. The summed E-state index contributed by atoms with van der Waals surface area (Å²) in [6, 6.07) is 6.95. The molecule has 2 N–H and O–H groups in total. The lowest BCUT2D eigenvalue weighted by Gasteiger charge is -2.07.